The number of aliphatic hydroxyl groups is 1. The maximum atomic E-state index is 14.3. The van der Waals surface area contributed by atoms with Crippen molar-refractivity contribution in [3.63, 3.8) is 0 Å². The van der Waals surface area contributed by atoms with E-state index in [1.165, 1.54) is 13.2 Å². The Hall–Kier alpha value is -1.91. The predicted octanol–water partition coefficient (Wildman–Crippen LogP) is 2.47. The van der Waals surface area contributed by atoms with Crippen molar-refractivity contribution in [1.29, 1.82) is 0 Å². The molecule has 0 saturated carbocycles. The van der Waals surface area contributed by atoms with Gasteiger partial charge in [0.15, 0.2) is 0 Å². The molecule has 2 aromatic carbocycles. The third-order valence-corrected chi connectivity index (χ3v) is 3.94. The Bertz CT molecular complexity index is 659. The highest BCUT2D eigenvalue weighted by atomic mass is 19.1. The van der Waals surface area contributed by atoms with Crippen LogP contribution in [0.25, 0.3) is 0 Å². The molecule has 1 aliphatic rings. The first-order chi connectivity index (χ1) is 9.56. The average Bonchev–Trinajstić information content (AvgIpc) is 2.72. The fraction of sp³-hybridized carbons (Fsp3) is 0.250. The maximum absolute atomic E-state index is 14.3. The molecule has 0 spiro atoms. The minimum Gasteiger partial charge on any atom is -0.497 e. The van der Waals surface area contributed by atoms with Gasteiger partial charge in [-0.05, 0) is 23.3 Å². The fourth-order valence-corrected chi connectivity index (χ4v) is 2.95. The van der Waals surface area contributed by atoms with E-state index in [0.29, 0.717) is 11.3 Å². The lowest BCUT2D eigenvalue weighted by Gasteiger charge is -2.25. The smallest absolute Gasteiger partial charge is 0.133 e. The zero-order valence-electron chi connectivity index (χ0n) is 11.1. The first-order valence-corrected chi connectivity index (χ1v) is 6.47. The van der Waals surface area contributed by atoms with E-state index in [2.05, 4.69) is 0 Å². The monoisotopic (exact) mass is 273 g/mol. The Morgan fingerprint density at radius 2 is 2.00 bits per heavy atom. The lowest BCUT2D eigenvalue weighted by Crippen LogP contribution is -2.26. The Kier molecular flexibility index (Phi) is 3.00. The van der Waals surface area contributed by atoms with Crippen molar-refractivity contribution in [2.75, 3.05) is 7.11 Å². The van der Waals surface area contributed by atoms with Gasteiger partial charge in [-0.25, -0.2) is 4.39 Å². The molecule has 3 N–H and O–H groups in total. The summed E-state index contributed by atoms with van der Waals surface area (Å²) in [4.78, 5) is 0. The van der Waals surface area contributed by atoms with Crippen molar-refractivity contribution in [3.8, 4) is 5.75 Å². The molecule has 3 nitrogen and oxygen atoms in total. The van der Waals surface area contributed by atoms with Gasteiger partial charge in [-0.2, -0.15) is 0 Å². The van der Waals surface area contributed by atoms with E-state index in [-0.39, 0.29) is 18.0 Å². The molecule has 0 radical (unpaired) electrons. The van der Waals surface area contributed by atoms with Crippen LogP contribution in [0.3, 0.4) is 0 Å². The van der Waals surface area contributed by atoms with Crippen molar-refractivity contribution in [1.82, 2.24) is 0 Å². The van der Waals surface area contributed by atoms with E-state index in [9.17, 15) is 9.50 Å². The molecule has 0 heterocycles. The van der Waals surface area contributed by atoms with Crippen LogP contribution in [0.1, 0.15) is 29.2 Å². The minimum absolute atomic E-state index is 0.235. The van der Waals surface area contributed by atoms with Crippen molar-refractivity contribution < 1.29 is 14.2 Å². The number of nitrogens with two attached hydrogens (primary N) is 1. The number of halogens is 1. The van der Waals surface area contributed by atoms with Gasteiger partial charge in [0, 0.05) is 24.1 Å². The number of methoxy groups -OCH3 is 1. The van der Waals surface area contributed by atoms with E-state index in [0.717, 1.165) is 5.56 Å². The largest absolute Gasteiger partial charge is 0.497 e. The van der Waals surface area contributed by atoms with E-state index in [1.807, 2.05) is 18.2 Å². The summed E-state index contributed by atoms with van der Waals surface area (Å²) in [5, 5.41) is 11.0. The third kappa shape index (κ3) is 1.80. The Balaban J connectivity index is 2.15. The van der Waals surface area contributed by atoms with Gasteiger partial charge in [0.05, 0.1) is 7.11 Å². The van der Waals surface area contributed by atoms with Crippen LogP contribution in [0.4, 0.5) is 4.39 Å². The van der Waals surface area contributed by atoms with Gasteiger partial charge >= 0.3 is 0 Å². The summed E-state index contributed by atoms with van der Waals surface area (Å²) < 4.78 is 19.3. The van der Waals surface area contributed by atoms with Crippen LogP contribution in [0.15, 0.2) is 42.5 Å². The Morgan fingerprint density at radius 3 is 2.70 bits per heavy atom. The van der Waals surface area contributed by atoms with Gasteiger partial charge in [-0.1, -0.05) is 24.3 Å². The molecule has 0 bridgehead atoms. The normalized spacial score (nSPS) is 24.5. The minimum atomic E-state index is -1.38. The first kappa shape index (κ1) is 13.1. The number of fused-ring (bicyclic) bond motifs is 1. The van der Waals surface area contributed by atoms with Gasteiger partial charge in [0.1, 0.15) is 17.2 Å². The molecule has 0 aromatic heterocycles. The first-order valence-electron chi connectivity index (χ1n) is 6.47. The van der Waals surface area contributed by atoms with Crippen molar-refractivity contribution in [2.24, 2.45) is 5.73 Å². The summed E-state index contributed by atoms with van der Waals surface area (Å²) in [5.74, 6) is -0.0683. The van der Waals surface area contributed by atoms with Crippen LogP contribution in [-0.4, -0.2) is 12.2 Å². The molecule has 2 unspecified atom stereocenters. The highest BCUT2D eigenvalue weighted by Gasteiger charge is 2.43. The lowest BCUT2D eigenvalue weighted by atomic mass is 9.87. The van der Waals surface area contributed by atoms with E-state index >= 15 is 0 Å². The molecule has 2 aromatic rings. The zero-order chi connectivity index (χ0) is 14.3. The summed E-state index contributed by atoms with van der Waals surface area (Å²) in [7, 11) is 1.48. The summed E-state index contributed by atoms with van der Waals surface area (Å²) in [5.41, 5.74) is 6.45. The number of hydrogen-bond donors (Lipinski definition) is 2. The molecule has 104 valence electrons. The molecule has 2 atom stereocenters. The summed E-state index contributed by atoms with van der Waals surface area (Å²) >= 11 is 0. The Labute approximate surface area is 116 Å². The molecule has 1 aliphatic carbocycles. The average molecular weight is 273 g/mol. The summed E-state index contributed by atoms with van der Waals surface area (Å²) in [6.07, 6.45) is 0.273. The van der Waals surface area contributed by atoms with Gasteiger partial charge in [0.2, 0.25) is 0 Å². The number of hydrogen-bond acceptors (Lipinski definition) is 3. The summed E-state index contributed by atoms with van der Waals surface area (Å²) in [6, 6.07) is 11.5. The maximum Gasteiger partial charge on any atom is 0.133 e. The topological polar surface area (TPSA) is 55.5 Å². The van der Waals surface area contributed by atoms with Gasteiger partial charge in [-0.3, -0.25) is 0 Å². The van der Waals surface area contributed by atoms with Crippen molar-refractivity contribution in [3.05, 3.63) is 65.0 Å². The van der Waals surface area contributed by atoms with E-state index < -0.39 is 11.4 Å². The molecule has 0 aliphatic heterocycles. The Morgan fingerprint density at radius 1 is 1.25 bits per heavy atom. The van der Waals surface area contributed by atoms with Crippen LogP contribution in [0.5, 0.6) is 5.75 Å². The highest BCUT2D eigenvalue weighted by Crippen LogP contribution is 2.47. The quantitative estimate of drug-likeness (QED) is 0.883. The summed E-state index contributed by atoms with van der Waals surface area (Å²) in [6.45, 7) is 0. The standard InChI is InChI=1S/C16H16FNO2/c1-20-10-6-7-13(14(17)8-10)16(19)9-15(18)11-4-2-3-5-12(11)16/h2-8,15,19H,9,18H2,1H3. The molecule has 0 amide bonds. The SMILES string of the molecule is COc1ccc(C2(O)CC(N)c3ccccc32)c(F)c1. The van der Waals surface area contributed by atoms with Crippen LogP contribution < -0.4 is 10.5 Å². The van der Waals surface area contributed by atoms with Gasteiger partial charge in [0.25, 0.3) is 0 Å². The van der Waals surface area contributed by atoms with Crippen LogP contribution >= 0.6 is 0 Å². The van der Waals surface area contributed by atoms with E-state index in [4.69, 9.17) is 10.5 Å². The van der Waals surface area contributed by atoms with Crippen molar-refractivity contribution >= 4 is 0 Å². The van der Waals surface area contributed by atoms with Gasteiger partial charge in [-0.15, -0.1) is 0 Å². The number of ether oxygens (including phenoxy) is 1. The van der Waals surface area contributed by atoms with Crippen LogP contribution in [0, 0.1) is 5.82 Å². The fourth-order valence-electron chi connectivity index (χ4n) is 2.95. The number of rotatable bonds is 2. The predicted molar refractivity (Wildman–Crippen MR) is 73.9 cm³/mol. The van der Waals surface area contributed by atoms with Crippen LogP contribution in [0.2, 0.25) is 0 Å². The molecular formula is C16H16FNO2. The second-order valence-corrected chi connectivity index (χ2v) is 5.10. The third-order valence-electron chi connectivity index (χ3n) is 3.94. The highest BCUT2D eigenvalue weighted by molar-refractivity contribution is 5.48. The number of benzene rings is 2. The van der Waals surface area contributed by atoms with E-state index in [1.54, 1.807) is 18.2 Å². The molecular weight excluding hydrogens is 257 g/mol. The molecule has 0 saturated heterocycles. The molecule has 20 heavy (non-hydrogen) atoms. The molecule has 0 fully saturated rings. The second kappa shape index (κ2) is 4.58. The molecule has 3 rings (SSSR count). The molecule has 4 heteroatoms. The van der Waals surface area contributed by atoms with Crippen LogP contribution in [-0.2, 0) is 5.60 Å². The van der Waals surface area contributed by atoms with Crippen molar-refractivity contribution in [2.45, 2.75) is 18.1 Å². The zero-order valence-corrected chi connectivity index (χ0v) is 11.1. The van der Waals surface area contributed by atoms with Gasteiger partial charge < -0.3 is 15.6 Å². The lowest BCUT2D eigenvalue weighted by molar-refractivity contribution is 0.0736. The second-order valence-electron chi connectivity index (χ2n) is 5.10.